The Labute approximate surface area is 231 Å². The first-order valence-electron chi connectivity index (χ1n) is 14.0. The predicted octanol–water partition coefficient (Wildman–Crippen LogP) is 4.64. The molecule has 4 atom stereocenters. The van der Waals surface area contributed by atoms with Crippen LogP contribution in [0.4, 0.5) is 4.79 Å². The van der Waals surface area contributed by atoms with Crippen molar-refractivity contribution >= 4 is 17.9 Å². The van der Waals surface area contributed by atoms with Crippen LogP contribution in [-0.4, -0.2) is 42.6 Å². The van der Waals surface area contributed by atoms with Gasteiger partial charge in [0.2, 0.25) is 11.8 Å². The van der Waals surface area contributed by atoms with E-state index in [2.05, 4.69) is 34.2 Å². The molecule has 8 nitrogen and oxygen atoms in total. The van der Waals surface area contributed by atoms with E-state index in [1.165, 1.54) is 0 Å². The average molecular weight is 532 g/mol. The molecular weight excluding hydrogens is 492 g/mol. The topological polar surface area (TPSA) is 120 Å². The number of ether oxygens (including phenoxy) is 1. The molecule has 2 aromatic rings. The number of fused-ring (bicyclic) bond motifs is 3. The van der Waals surface area contributed by atoms with Crippen LogP contribution in [0.15, 0.2) is 48.5 Å². The van der Waals surface area contributed by atoms with Gasteiger partial charge in [-0.05, 0) is 60.3 Å². The fourth-order valence-corrected chi connectivity index (χ4v) is 5.43. The molecule has 3 N–H and O–H groups in total. The van der Waals surface area contributed by atoms with Crippen LogP contribution < -0.4 is 16.0 Å². The molecular formula is C31H38N4O4. The Morgan fingerprint density at radius 1 is 1.10 bits per heavy atom. The molecule has 1 aliphatic carbocycles. The Balaban J connectivity index is 1.39. The number of piperidine rings is 1. The standard InChI is InChI=1S/C31H38N4O4/c1-19-13-14-20(28(36)33-19)15-21(17-32)34-29(37)27(16-31(2,3)4)35-30(38)39-18-26-24-11-7-5-9-22(24)23-10-6-8-12-25(23)26/h5-12,19-21,26-27H,13-16,18H2,1-4H3,(H,33,36)(H,34,37)(H,35,38)/t19?,20-,21-,27-/m0/s1/i19D. The van der Waals surface area contributed by atoms with Crippen molar-refractivity contribution in [3.63, 3.8) is 0 Å². The largest absolute Gasteiger partial charge is 0.449 e. The van der Waals surface area contributed by atoms with Crippen LogP contribution >= 0.6 is 0 Å². The van der Waals surface area contributed by atoms with Crippen LogP contribution in [0, 0.1) is 22.7 Å². The lowest BCUT2D eigenvalue weighted by atomic mass is 9.87. The molecule has 1 saturated heterocycles. The molecule has 206 valence electrons. The Kier molecular flexibility index (Phi) is 8.16. The fraction of sp³-hybridized carbons (Fsp3) is 0.484. The molecule has 0 bridgehead atoms. The SMILES string of the molecule is [2H]C1(C)CC[C@@H](C[C@@H](C#N)NC(=O)[C@H](CC(C)(C)C)NC(=O)OCC2c3ccccc3-c3ccccc32)C(=O)N1. The molecule has 0 radical (unpaired) electrons. The highest BCUT2D eigenvalue weighted by atomic mass is 16.5. The lowest BCUT2D eigenvalue weighted by molar-refractivity contribution is -0.129. The molecule has 8 heteroatoms. The molecule has 1 fully saturated rings. The Hall–Kier alpha value is -3.86. The Morgan fingerprint density at radius 2 is 1.72 bits per heavy atom. The lowest BCUT2D eigenvalue weighted by Crippen LogP contribution is -2.52. The number of rotatable bonds is 8. The van der Waals surface area contributed by atoms with Gasteiger partial charge in [-0.3, -0.25) is 9.59 Å². The Bertz CT molecular complexity index is 1270. The highest BCUT2D eigenvalue weighted by Gasteiger charge is 2.33. The van der Waals surface area contributed by atoms with Crippen molar-refractivity contribution in [1.29, 1.82) is 5.26 Å². The molecule has 1 aliphatic heterocycles. The number of carbonyl (C=O) groups excluding carboxylic acids is 3. The summed E-state index contributed by atoms with van der Waals surface area (Å²) in [5.74, 6) is -1.37. The zero-order valence-electron chi connectivity index (χ0n) is 24.0. The van der Waals surface area contributed by atoms with E-state index in [0.29, 0.717) is 19.3 Å². The van der Waals surface area contributed by atoms with E-state index >= 15 is 0 Å². The summed E-state index contributed by atoms with van der Waals surface area (Å²) in [6.45, 7) is 7.63. The summed E-state index contributed by atoms with van der Waals surface area (Å²) in [5.41, 5.74) is 4.13. The quantitative estimate of drug-likeness (QED) is 0.458. The molecule has 1 unspecified atom stereocenters. The molecule has 0 saturated carbocycles. The minimum Gasteiger partial charge on any atom is -0.449 e. The maximum absolute atomic E-state index is 13.3. The molecule has 1 heterocycles. The fourth-order valence-electron chi connectivity index (χ4n) is 5.43. The van der Waals surface area contributed by atoms with Crippen LogP contribution in [0.3, 0.4) is 0 Å². The number of nitriles is 1. The van der Waals surface area contributed by atoms with E-state index in [4.69, 9.17) is 6.11 Å². The normalized spacial score (nSPS) is 22.3. The van der Waals surface area contributed by atoms with E-state index < -0.39 is 36.0 Å². The number of hydrogen-bond acceptors (Lipinski definition) is 5. The number of nitrogens with zero attached hydrogens (tertiary/aromatic N) is 1. The van der Waals surface area contributed by atoms with Gasteiger partial charge in [0.05, 0.1) is 7.44 Å². The van der Waals surface area contributed by atoms with Crippen LogP contribution in [0.1, 0.15) is 71.8 Å². The lowest BCUT2D eigenvalue weighted by Gasteiger charge is -2.29. The number of amides is 3. The zero-order valence-corrected chi connectivity index (χ0v) is 23.0. The molecule has 0 spiro atoms. The van der Waals surface area contributed by atoms with Crippen molar-refractivity contribution < 1.29 is 20.5 Å². The van der Waals surface area contributed by atoms with Crippen LogP contribution in [0.25, 0.3) is 11.1 Å². The first-order valence-corrected chi connectivity index (χ1v) is 13.5. The monoisotopic (exact) mass is 531 g/mol. The maximum atomic E-state index is 13.3. The second-order valence-corrected chi connectivity index (χ2v) is 11.7. The van der Waals surface area contributed by atoms with Gasteiger partial charge in [0, 0.05) is 17.9 Å². The summed E-state index contributed by atoms with van der Waals surface area (Å²) >= 11 is 0. The first kappa shape index (κ1) is 26.7. The van der Waals surface area contributed by atoms with E-state index in [1.807, 2.05) is 57.2 Å². The third-order valence-electron chi connectivity index (χ3n) is 7.34. The van der Waals surface area contributed by atoms with Crippen LogP contribution in [0.5, 0.6) is 0 Å². The van der Waals surface area contributed by atoms with Gasteiger partial charge in [-0.25, -0.2) is 4.79 Å². The summed E-state index contributed by atoms with van der Waals surface area (Å²) in [7, 11) is 0. The van der Waals surface area contributed by atoms with Crippen molar-refractivity contribution in [2.24, 2.45) is 11.3 Å². The molecule has 39 heavy (non-hydrogen) atoms. The number of hydrogen-bond donors (Lipinski definition) is 3. The molecule has 2 aliphatic rings. The number of carbonyl (C=O) groups is 3. The van der Waals surface area contributed by atoms with Gasteiger partial charge in [0.1, 0.15) is 18.7 Å². The van der Waals surface area contributed by atoms with Crippen molar-refractivity contribution in [2.75, 3.05) is 6.61 Å². The van der Waals surface area contributed by atoms with Crippen molar-refractivity contribution in [3.8, 4) is 17.2 Å². The summed E-state index contributed by atoms with van der Waals surface area (Å²) in [6.07, 6.45) is 0.676. The van der Waals surface area contributed by atoms with Gasteiger partial charge in [-0.1, -0.05) is 69.3 Å². The predicted molar refractivity (Wildman–Crippen MR) is 149 cm³/mol. The smallest absolute Gasteiger partial charge is 0.407 e. The molecule has 2 aromatic carbocycles. The number of benzene rings is 2. The highest BCUT2D eigenvalue weighted by Crippen LogP contribution is 2.44. The van der Waals surface area contributed by atoms with E-state index in [9.17, 15) is 19.6 Å². The second-order valence-electron chi connectivity index (χ2n) is 11.7. The minimum absolute atomic E-state index is 0.108. The second kappa shape index (κ2) is 11.9. The van der Waals surface area contributed by atoms with Gasteiger partial charge in [0.25, 0.3) is 0 Å². The van der Waals surface area contributed by atoms with Gasteiger partial charge < -0.3 is 20.7 Å². The maximum Gasteiger partial charge on any atom is 0.407 e. The average Bonchev–Trinajstić information content (AvgIpc) is 3.20. The number of alkyl carbamates (subject to hydrolysis) is 1. The summed E-state index contributed by atoms with van der Waals surface area (Å²) in [4.78, 5) is 38.7. The highest BCUT2D eigenvalue weighted by molar-refractivity contribution is 5.86. The van der Waals surface area contributed by atoms with Crippen LogP contribution in [-0.2, 0) is 14.3 Å². The van der Waals surface area contributed by atoms with E-state index in [1.54, 1.807) is 6.92 Å². The first-order chi connectivity index (χ1) is 18.9. The van der Waals surface area contributed by atoms with E-state index in [-0.39, 0.29) is 30.3 Å². The van der Waals surface area contributed by atoms with Gasteiger partial charge >= 0.3 is 6.09 Å². The van der Waals surface area contributed by atoms with Gasteiger partial charge in [-0.2, -0.15) is 5.26 Å². The van der Waals surface area contributed by atoms with Crippen LogP contribution in [0.2, 0.25) is 0 Å². The molecule has 3 amide bonds. The Morgan fingerprint density at radius 3 is 2.28 bits per heavy atom. The van der Waals surface area contributed by atoms with Crippen molar-refractivity contribution in [2.45, 2.75) is 77.4 Å². The third-order valence-corrected chi connectivity index (χ3v) is 7.34. The van der Waals surface area contributed by atoms with Crippen molar-refractivity contribution in [3.05, 3.63) is 59.7 Å². The number of nitrogens with one attached hydrogen (secondary N) is 3. The minimum atomic E-state index is -1.02. The van der Waals surface area contributed by atoms with E-state index in [0.717, 1.165) is 22.3 Å². The zero-order chi connectivity index (χ0) is 29.1. The van der Waals surface area contributed by atoms with Gasteiger partial charge in [0.15, 0.2) is 0 Å². The summed E-state index contributed by atoms with van der Waals surface area (Å²) < 4.78 is 13.7. The summed E-state index contributed by atoms with van der Waals surface area (Å²) in [5, 5.41) is 17.8. The summed E-state index contributed by atoms with van der Waals surface area (Å²) in [6, 6.07) is 15.3. The van der Waals surface area contributed by atoms with Gasteiger partial charge in [-0.15, -0.1) is 0 Å². The molecule has 4 rings (SSSR count). The third kappa shape index (κ3) is 6.97. The van der Waals surface area contributed by atoms with Crippen molar-refractivity contribution in [1.82, 2.24) is 16.0 Å². The molecule has 0 aromatic heterocycles.